The van der Waals surface area contributed by atoms with Crippen molar-refractivity contribution in [1.82, 2.24) is 0 Å². The highest BCUT2D eigenvalue weighted by Gasteiger charge is 2.32. The maximum Gasteiger partial charge on any atom is 0.214 e. The number of allylic oxidation sites excluding steroid dienone is 1. The van der Waals surface area contributed by atoms with E-state index in [0.29, 0.717) is 11.3 Å². The first-order valence-corrected chi connectivity index (χ1v) is 9.57. The van der Waals surface area contributed by atoms with Gasteiger partial charge in [-0.3, -0.25) is 4.79 Å². The number of ketones is 1. The molecule has 0 saturated heterocycles. The van der Waals surface area contributed by atoms with Crippen LogP contribution in [0.4, 0.5) is 5.69 Å². The molecule has 0 spiro atoms. The van der Waals surface area contributed by atoms with Gasteiger partial charge in [-0.05, 0) is 34.9 Å². The van der Waals surface area contributed by atoms with E-state index in [1.165, 1.54) is 5.39 Å². The number of hydrogen-bond acceptors (Lipinski definition) is 2. The first kappa shape index (κ1) is 19.6. The molecule has 1 aromatic heterocycles. The standard InChI is InChI=1S/C25H20N2O.HI/c1-27-21-12-5-4-11-20(21)24(26)23-22(27)14-13-18(25(23)28)15-17-9-6-8-16-7-2-3-10-19(16)17;/h2-12,15,26H,13-14H2,1H3;1H/b18-15-;. The summed E-state index contributed by atoms with van der Waals surface area (Å²) in [5.41, 5.74) is 11.7. The molecular weight excluding hydrogens is 471 g/mol. The van der Waals surface area contributed by atoms with Crippen molar-refractivity contribution in [3.05, 3.63) is 89.1 Å². The normalized spacial score (nSPS) is 14.8. The highest BCUT2D eigenvalue weighted by atomic mass is 127. The fraction of sp³-hybridized carbons (Fsp3) is 0.120. The first-order chi connectivity index (χ1) is 13.6. The number of benzene rings is 3. The van der Waals surface area contributed by atoms with Gasteiger partial charge in [0.2, 0.25) is 5.52 Å². The van der Waals surface area contributed by atoms with Crippen molar-refractivity contribution in [1.29, 1.82) is 0 Å². The van der Waals surface area contributed by atoms with Crippen LogP contribution in [-0.2, 0) is 13.5 Å². The smallest absolute Gasteiger partial charge is 0.214 e. The van der Waals surface area contributed by atoms with E-state index in [-0.39, 0.29) is 29.8 Å². The molecule has 4 heteroatoms. The lowest BCUT2D eigenvalue weighted by Gasteiger charge is -2.19. The van der Waals surface area contributed by atoms with E-state index in [9.17, 15) is 4.79 Å². The van der Waals surface area contributed by atoms with E-state index in [4.69, 9.17) is 5.73 Å². The summed E-state index contributed by atoms with van der Waals surface area (Å²) >= 11 is 0. The van der Waals surface area contributed by atoms with Crippen molar-refractivity contribution in [2.24, 2.45) is 7.05 Å². The molecule has 0 bridgehead atoms. The number of halogens is 1. The van der Waals surface area contributed by atoms with Gasteiger partial charge < -0.3 is 29.7 Å². The number of fused-ring (bicyclic) bond motifs is 3. The van der Waals surface area contributed by atoms with Gasteiger partial charge in [0.05, 0.1) is 11.1 Å². The molecule has 0 unspecified atom stereocenters. The Hall–Kier alpha value is -2.73. The lowest BCUT2D eigenvalue weighted by molar-refractivity contribution is -0.653. The van der Waals surface area contributed by atoms with Crippen molar-refractivity contribution >= 4 is 39.2 Å². The minimum atomic E-state index is 0. The van der Waals surface area contributed by atoms with Gasteiger partial charge in [-0.2, -0.15) is 4.57 Å². The summed E-state index contributed by atoms with van der Waals surface area (Å²) in [5.74, 6) is 0.0491. The largest absolute Gasteiger partial charge is 1.00 e. The van der Waals surface area contributed by atoms with E-state index in [1.54, 1.807) is 0 Å². The number of pyridine rings is 1. The quantitative estimate of drug-likeness (QED) is 0.250. The van der Waals surface area contributed by atoms with Gasteiger partial charge in [-0.1, -0.05) is 54.6 Å². The second-order valence-electron chi connectivity index (χ2n) is 7.38. The first-order valence-electron chi connectivity index (χ1n) is 9.57. The SMILES string of the molecule is C[n+]1c2c(c(N)c3ccccc31)C(=O)/C(=C\c1cccc3ccccc13)CC2.[I-]. The Morgan fingerprint density at radius 3 is 2.41 bits per heavy atom. The van der Waals surface area contributed by atoms with Crippen LogP contribution in [0, 0.1) is 0 Å². The molecule has 0 aliphatic heterocycles. The number of aryl methyl sites for hydroxylation is 1. The third-order valence-electron chi connectivity index (χ3n) is 5.82. The molecule has 29 heavy (non-hydrogen) atoms. The Kier molecular flexibility index (Phi) is 5.13. The third kappa shape index (κ3) is 3.12. The number of rotatable bonds is 1. The lowest BCUT2D eigenvalue weighted by Crippen LogP contribution is -3.00. The molecule has 1 aliphatic carbocycles. The Morgan fingerprint density at radius 1 is 0.897 bits per heavy atom. The van der Waals surface area contributed by atoms with Crippen LogP contribution in [0.1, 0.15) is 28.0 Å². The predicted octanol–water partition coefficient (Wildman–Crippen LogP) is 1.62. The van der Waals surface area contributed by atoms with Crippen LogP contribution in [0.25, 0.3) is 27.8 Å². The van der Waals surface area contributed by atoms with Crippen molar-refractivity contribution in [3.63, 3.8) is 0 Å². The number of nitrogens with zero attached hydrogens (tertiary/aromatic N) is 1. The predicted molar refractivity (Wildman–Crippen MR) is 114 cm³/mol. The lowest BCUT2D eigenvalue weighted by atomic mass is 9.86. The molecule has 2 N–H and O–H groups in total. The van der Waals surface area contributed by atoms with Crippen LogP contribution < -0.4 is 34.3 Å². The van der Waals surface area contributed by atoms with Gasteiger partial charge in [0, 0.05) is 18.1 Å². The topological polar surface area (TPSA) is 47.0 Å². The zero-order chi connectivity index (χ0) is 19.3. The molecule has 1 aliphatic rings. The Labute approximate surface area is 186 Å². The third-order valence-corrected chi connectivity index (χ3v) is 5.82. The average Bonchev–Trinajstić information content (AvgIpc) is 2.73. The van der Waals surface area contributed by atoms with Crippen LogP contribution in [-0.4, -0.2) is 5.78 Å². The van der Waals surface area contributed by atoms with Gasteiger partial charge in [-0.15, -0.1) is 0 Å². The van der Waals surface area contributed by atoms with Gasteiger partial charge in [0.25, 0.3) is 0 Å². The van der Waals surface area contributed by atoms with E-state index in [0.717, 1.165) is 46.0 Å². The summed E-state index contributed by atoms with van der Waals surface area (Å²) in [6.07, 6.45) is 3.58. The highest BCUT2D eigenvalue weighted by molar-refractivity contribution is 6.18. The molecule has 5 rings (SSSR count). The second kappa shape index (κ2) is 7.59. The van der Waals surface area contributed by atoms with Gasteiger partial charge in [-0.25, -0.2) is 0 Å². The minimum Gasteiger partial charge on any atom is -1.00 e. The molecule has 4 aromatic rings. The number of hydrogen-bond donors (Lipinski definition) is 1. The highest BCUT2D eigenvalue weighted by Crippen LogP contribution is 2.33. The number of Topliss-reactive ketones (excluding diaryl/α,β-unsaturated/α-hetero) is 1. The van der Waals surface area contributed by atoms with Crippen LogP contribution in [0.15, 0.2) is 72.3 Å². The fourth-order valence-corrected chi connectivity index (χ4v) is 4.37. The summed E-state index contributed by atoms with van der Waals surface area (Å²) in [7, 11) is 2.02. The molecule has 0 radical (unpaired) electrons. The number of carbonyl (C=O) groups excluding carboxylic acids is 1. The van der Waals surface area contributed by atoms with Crippen molar-refractivity contribution in [2.75, 3.05) is 5.73 Å². The molecule has 0 atom stereocenters. The Balaban J connectivity index is 0.00000205. The summed E-state index contributed by atoms with van der Waals surface area (Å²) in [5, 5.41) is 3.27. The van der Waals surface area contributed by atoms with E-state index in [1.807, 2.05) is 49.5 Å². The Bertz CT molecular complexity index is 1300. The fourth-order valence-electron chi connectivity index (χ4n) is 4.37. The number of nitrogen functional groups attached to an aromatic ring is 1. The summed E-state index contributed by atoms with van der Waals surface area (Å²) < 4.78 is 2.12. The number of aromatic nitrogens is 1. The van der Waals surface area contributed by atoms with Crippen LogP contribution >= 0.6 is 0 Å². The molecule has 3 nitrogen and oxygen atoms in total. The van der Waals surface area contributed by atoms with Crippen LogP contribution in [0.5, 0.6) is 0 Å². The maximum absolute atomic E-state index is 13.4. The molecule has 1 heterocycles. The molecule has 3 aromatic carbocycles. The van der Waals surface area contributed by atoms with Gasteiger partial charge in [0.1, 0.15) is 12.6 Å². The van der Waals surface area contributed by atoms with E-state index in [2.05, 4.69) is 34.9 Å². The molecule has 0 saturated carbocycles. The number of anilines is 1. The maximum atomic E-state index is 13.4. The zero-order valence-corrected chi connectivity index (χ0v) is 18.3. The molecule has 0 amide bonds. The average molecular weight is 492 g/mol. The molecule has 144 valence electrons. The molecular formula is C25H21IN2O. The number of nitrogens with two attached hydrogens (primary N) is 1. The monoisotopic (exact) mass is 492 g/mol. The van der Waals surface area contributed by atoms with E-state index >= 15 is 0 Å². The zero-order valence-electron chi connectivity index (χ0n) is 16.2. The van der Waals surface area contributed by atoms with Gasteiger partial charge >= 0.3 is 0 Å². The molecule has 0 fully saturated rings. The van der Waals surface area contributed by atoms with Crippen molar-refractivity contribution in [2.45, 2.75) is 12.8 Å². The van der Waals surface area contributed by atoms with E-state index < -0.39 is 0 Å². The Morgan fingerprint density at radius 2 is 1.59 bits per heavy atom. The number of para-hydroxylation sites is 1. The minimum absolute atomic E-state index is 0. The second-order valence-corrected chi connectivity index (χ2v) is 7.38. The number of carbonyl (C=O) groups is 1. The van der Waals surface area contributed by atoms with Crippen LogP contribution in [0.2, 0.25) is 0 Å². The van der Waals surface area contributed by atoms with Crippen molar-refractivity contribution in [3.8, 4) is 0 Å². The van der Waals surface area contributed by atoms with Gasteiger partial charge in [0.15, 0.2) is 11.5 Å². The summed E-state index contributed by atoms with van der Waals surface area (Å²) in [4.78, 5) is 13.4. The van der Waals surface area contributed by atoms with Crippen LogP contribution in [0.3, 0.4) is 0 Å². The van der Waals surface area contributed by atoms with Crippen molar-refractivity contribution < 1.29 is 33.3 Å². The summed E-state index contributed by atoms with van der Waals surface area (Å²) in [6.45, 7) is 0. The summed E-state index contributed by atoms with van der Waals surface area (Å²) in [6, 6.07) is 22.5.